The fourth-order valence-electron chi connectivity index (χ4n) is 3.20. The van der Waals surface area contributed by atoms with Gasteiger partial charge in [-0.3, -0.25) is 4.79 Å². The molecule has 3 aromatic rings. The van der Waals surface area contributed by atoms with Crippen LogP contribution in [0.5, 0.6) is 0 Å². The first-order chi connectivity index (χ1) is 13.3. The summed E-state index contributed by atoms with van der Waals surface area (Å²) in [7, 11) is 0. The predicted octanol–water partition coefficient (Wildman–Crippen LogP) is 4.58. The van der Waals surface area contributed by atoms with E-state index in [2.05, 4.69) is 10.1 Å². The molecular weight excluding hydrogens is 371 g/mol. The second-order valence-electron chi connectivity index (χ2n) is 6.78. The number of nitrogens with zero attached hydrogens (tertiary/aromatic N) is 3. The lowest BCUT2D eigenvalue weighted by molar-refractivity contribution is -0.137. The van der Waals surface area contributed by atoms with Gasteiger partial charge in [0.15, 0.2) is 0 Å². The lowest BCUT2D eigenvalue weighted by atomic mass is 10.1. The van der Waals surface area contributed by atoms with Gasteiger partial charge < -0.3 is 9.42 Å². The summed E-state index contributed by atoms with van der Waals surface area (Å²) >= 11 is 0. The van der Waals surface area contributed by atoms with E-state index < -0.39 is 11.7 Å². The lowest BCUT2D eigenvalue weighted by Crippen LogP contribution is -2.24. The van der Waals surface area contributed by atoms with Crippen LogP contribution in [0.3, 0.4) is 0 Å². The highest BCUT2D eigenvalue weighted by molar-refractivity contribution is 5.96. The lowest BCUT2D eigenvalue weighted by Gasteiger charge is -2.16. The first-order valence-corrected chi connectivity index (χ1v) is 8.69. The van der Waals surface area contributed by atoms with Gasteiger partial charge in [0.1, 0.15) is 0 Å². The van der Waals surface area contributed by atoms with E-state index in [0.29, 0.717) is 6.54 Å². The molecule has 144 valence electrons. The zero-order chi connectivity index (χ0) is 19.9. The van der Waals surface area contributed by atoms with Crippen molar-refractivity contribution in [3.05, 3.63) is 65.5 Å². The minimum Gasteiger partial charge on any atom is -0.339 e. The first-order valence-electron chi connectivity index (χ1n) is 8.69. The summed E-state index contributed by atoms with van der Waals surface area (Å²) in [6, 6.07) is 12.3. The third-order valence-electron chi connectivity index (χ3n) is 4.71. The monoisotopic (exact) mass is 387 g/mol. The van der Waals surface area contributed by atoms with Crippen molar-refractivity contribution in [2.75, 3.05) is 11.4 Å². The highest BCUT2D eigenvalue weighted by Crippen LogP contribution is 2.34. The van der Waals surface area contributed by atoms with Gasteiger partial charge >= 0.3 is 6.18 Å². The van der Waals surface area contributed by atoms with Crippen LogP contribution in [-0.2, 0) is 11.0 Å². The Bertz CT molecular complexity index is 1010. The van der Waals surface area contributed by atoms with Crippen LogP contribution in [0.4, 0.5) is 18.9 Å². The van der Waals surface area contributed by atoms with E-state index in [4.69, 9.17) is 4.52 Å². The number of amides is 1. The van der Waals surface area contributed by atoms with Crippen molar-refractivity contribution < 1.29 is 22.5 Å². The van der Waals surface area contributed by atoms with Gasteiger partial charge in [0.25, 0.3) is 0 Å². The summed E-state index contributed by atoms with van der Waals surface area (Å²) in [5, 5.41) is 3.81. The fourth-order valence-corrected chi connectivity index (χ4v) is 3.20. The van der Waals surface area contributed by atoms with Crippen LogP contribution in [-0.4, -0.2) is 22.6 Å². The maximum absolute atomic E-state index is 12.9. The molecule has 0 spiro atoms. The summed E-state index contributed by atoms with van der Waals surface area (Å²) in [6.45, 7) is 2.35. The molecule has 0 aliphatic carbocycles. The number of anilines is 1. The molecule has 1 aromatic heterocycles. The summed E-state index contributed by atoms with van der Waals surface area (Å²) < 4.78 is 44.0. The second kappa shape index (κ2) is 6.78. The maximum Gasteiger partial charge on any atom is 0.416 e. The number of aryl methyl sites for hydroxylation is 1. The Balaban J connectivity index is 1.55. The molecule has 28 heavy (non-hydrogen) atoms. The average molecular weight is 387 g/mol. The van der Waals surface area contributed by atoms with E-state index in [0.717, 1.165) is 23.4 Å². The number of carbonyl (C=O) groups excluding carboxylic acids is 1. The molecule has 5 nitrogen and oxygen atoms in total. The van der Waals surface area contributed by atoms with Gasteiger partial charge in [-0.1, -0.05) is 35.0 Å². The van der Waals surface area contributed by atoms with E-state index in [-0.39, 0.29) is 35.5 Å². The standard InChI is InChI=1S/C20H16F3N3O2/c1-12-5-7-16(8-6-12)26-11-14(10-17(26)27)19-24-18(25-28-19)13-3-2-4-15(9-13)20(21,22)23/h2-9,14H,10-11H2,1H3/t14-/m0/s1. The minimum absolute atomic E-state index is 0.0623. The minimum atomic E-state index is -4.45. The van der Waals surface area contributed by atoms with Crippen molar-refractivity contribution in [2.45, 2.75) is 25.4 Å². The third-order valence-corrected chi connectivity index (χ3v) is 4.71. The molecule has 0 bridgehead atoms. The van der Waals surface area contributed by atoms with Crippen LogP contribution >= 0.6 is 0 Å². The normalized spacial score (nSPS) is 17.4. The number of benzene rings is 2. The summed E-state index contributed by atoms with van der Waals surface area (Å²) in [5.41, 5.74) is 1.31. The van der Waals surface area contributed by atoms with Crippen molar-refractivity contribution in [3.8, 4) is 11.4 Å². The van der Waals surface area contributed by atoms with Gasteiger partial charge in [-0.15, -0.1) is 0 Å². The Morgan fingerprint density at radius 2 is 1.89 bits per heavy atom. The van der Waals surface area contributed by atoms with E-state index in [1.807, 2.05) is 31.2 Å². The summed E-state index contributed by atoms with van der Waals surface area (Å²) in [6.07, 6.45) is -4.24. The average Bonchev–Trinajstić information content (AvgIpc) is 3.29. The van der Waals surface area contributed by atoms with Crippen LogP contribution in [0.1, 0.15) is 29.4 Å². The molecule has 1 amide bonds. The molecule has 0 radical (unpaired) electrons. The molecule has 0 unspecified atom stereocenters. The molecule has 1 aliphatic heterocycles. The molecule has 1 fully saturated rings. The number of alkyl halides is 3. The zero-order valence-electron chi connectivity index (χ0n) is 14.9. The maximum atomic E-state index is 12.9. The van der Waals surface area contributed by atoms with Crippen molar-refractivity contribution in [1.82, 2.24) is 10.1 Å². The van der Waals surface area contributed by atoms with Crippen LogP contribution in [0.25, 0.3) is 11.4 Å². The molecule has 1 atom stereocenters. The predicted molar refractivity (Wildman–Crippen MR) is 95.6 cm³/mol. The van der Waals surface area contributed by atoms with Gasteiger partial charge in [-0.25, -0.2) is 0 Å². The highest BCUT2D eigenvalue weighted by atomic mass is 19.4. The third kappa shape index (κ3) is 3.49. The van der Waals surface area contributed by atoms with Gasteiger partial charge in [0, 0.05) is 24.2 Å². The Morgan fingerprint density at radius 1 is 1.14 bits per heavy atom. The van der Waals surface area contributed by atoms with E-state index in [9.17, 15) is 18.0 Å². The van der Waals surface area contributed by atoms with Gasteiger partial charge in [0.2, 0.25) is 17.6 Å². The molecule has 1 saturated heterocycles. The molecule has 1 aliphatic rings. The number of halogens is 3. The summed E-state index contributed by atoms with van der Waals surface area (Å²) in [4.78, 5) is 18.3. The number of hydrogen-bond acceptors (Lipinski definition) is 4. The van der Waals surface area contributed by atoms with Gasteiger partial charge in [-0.05, 0) is 31.2 Å². The zero-order valence-corrected chi connectivity index (χ0v) is 14.9. The van der Waals surface area contributed by atoms with Crippen molar-refractivity contribution >= 4 is 11.6 Å². The quantitative estimate of drug-likeness (QED) is 0.660. The van der Waals surface area contributed by atoms with Crippen LogP contribution in [0, 0.1) is 6.92 Å². The molecule has 2 aromatic carbocycles. The van der Waals surface area contributed by atoms with Crippen molar-refractivity contribution in [3.63, 3.8) is 0 Å². The van der Waals surface area contributed by atoms with Gasteiger partial charge in [-0.2, -0.15) is 18.2 Å². The number of carbonyl (C=O) groups is 1. The molecule has 0 N–H and O–H groups in total. The van der Waals surface area contributed by atoms with E-state index in [1.54, 1.807) is 4.90 Å². The Morgan fingerprint density at radius 3 is 2.61 bits per heavy atom. The SMILES string of the molecule is Cc1ccc(N2C[C@@H](c3nc(-c4cccc(C(F)(F)F)c4)no3)CC2=O)cc1. The smallest absolute Gasteiger partial charge is 0.339 e. The topological polar surface area (TPSA) is 59.2 Å². The molecule has 8 heteroatoms. The number of rotatable bonds is 3. The second-order valence-corrected chi connectivity index (χ2v) is 6.78. The Hall–Kier alpha value is -3.16. The van der Waals surface area contributed by atoms with Crippen LogP contribution in [0.2, 0.25) is 0 Å². The fraction of sp³-hybridized carbons (Fsp3) is 0.250. The van der Waals surface area contributed by atoms with Crippen LogP contribution < -0.4 is 4.90 Å². The molecular formula is C20H16F3N3O2. The number of hydrogen-bond donors (Lipinski definition) is 0. The highest BCUT2D eigenvalue weighted by Gasteiger charge is 2.35. The Kier molecular flexibility index (Phi) is 4.41. The largest absolute Gasteiger partial charge is 0.416 e. The number of aromatic nitrogens is 2. The van der Waals surface area contributed by atoms with E-state index >= 15 is 0 Å². The van der Waals surface area contributed by atoms with Gasteiger partial charge in [0.05, 0.1) is 11.5 Å². The van der Waals surface area contributed by atoms with E-state index in [1.165, 1.54) is 12.1 Å². The Labute approximate surface area is 158 Å². The van der Waals surface area contributed by atoms with Crippen molar-refractivity contribution in [2.24, 2.45) is 0 Å². The summed E-state index contributed by atoms with van der Waals surface area (Å²) in [5.74, 6) is -0.0498. The van der Waals surface area contributed by atoms with Crippen molar-refractivity contribution in [1.29, 1.82) is 0 Å². The van der Waals surface area contributed by atoms with Crippen LogP contribution in [0.15, 0.2) is 53.1 Å². The molecule has 2 heterocycles. The first kappa shape index (κ1) is 18.2. The molecule has 4 rings (SSSR count). The molecule has 0 saturated carbocycles.